The molecule has 1 aromatic rings. The van der Waals surface area contributed by atoms with Crippen LogP contribution < -0.4 is 5.32 Å². The highest BCUT2D eigenvalue weighted by atomic mass is 35.5. The number of hydrogen-bond acceptors (Lipinski definition) is 2. The van der Waals surface area contributed by atoms with E-state index in [2.05, 4.69) is 5.32 Å². The van der Waals surface area contributed by atoms with E-state index in [0.717, 1.165) is 11.1 Å². The first-order chi connectivity index (χ1) is 10.3. The second-order valence-electron chi connectivity index (χ2n) is 5.63. The second-order valence-corrected chi connectivity index (χ2v) is 6.48. The van der Waals surface area contributed by atoms with E-state index in [1.807, 2.05) is 13.8 Å². The molecule has 0 aromatic heterocycles. The fourth-order valence-electron chi connectivity index (χ4n) is 2.65. The van der Waals surface area contributed by atoms with E-state index in [9.17, 15) is 14.7 Å². The van der Waals surface area contributed by atoms with Crippen molar-refractivity contribution in [3.8, 4) is 0 Å². The van der Waals surface area contributed by atoms with Gasteiger partial charge >= 0.3 is 5.97 Å². The third-order valence-corrected chi connectivity index (χ3v) is 4.67. The summed E-state index contributed by atoms with van der Waals surface area (Å²) in [4.78, 5) is 23.9. The maximum absolute atomic E-state index is 12.5. The van der Waals surface area contributed by atoms with Crippen LogP contribution in [0.15, 0.2) is 29.3 Å². The quantitative estimate of drug-likeness (QED) is 0.801. The number of rotatable bonds is 3. The monoisotopic (exact) mass is 341 g/mol. The molecule has 0 bridgehead atoms. The maximum Gasteiger partial charge on any atom is 0.307 e. The van der Waals surface area contributed by atoms with Crippen molar-refractivity contribution in [2.45, 2.75) is 26.7 Å². The Balaban J connectivity index is 2.23. The molecule has 0 spiro atoms. The lowest BCUT2D eigenvalue weighted by Gasteiger charge is -2.29. The van der Waals surface area contributed by atoms with Crippen molar-refractivity contribution in [3.63, 3.8) is 0 Å². The number of halogens is 2. The lowest BCUT2D eigenvalue weighted by Crippen LogP contribution is -2.36. The molecular weight excluding hydrogens is 325 g/mol. The van der Waals surface area contributed by atoms with E-state index in [4.69, 9.17) is 23.2 Å². The molecule has 1 aliphatic rings. The van der Waals surface area contributed by atoms with Gasteiger partial charge in [0.2, 0.25) is 5.91 Å². The Labute approximate surface area is 139 Å². The molecule has 118 valence electrons. The summed E-state index contributed by atoms with van der Waals surface area (Å²) in [6, 6.07) is 4.76. The normalized spacial score (nSPS) is 21.6. The summed E-state index contributed by atoms with van der Waals surface area (Å²) < 4.78 is 0. The van der Waals surface area contributed by atoms with Crippen molar-refractivity contribution < 1.29 is 14.7 Å². The van der Waals surface area contributed by atoms with Gasteiger partial charge in [-0.1, -0.05) is 34.3 Å². The summed E-state index contributed by atoms with van der Waals surface area (Å²) in [6.45, 7) is 3.84. The molecule has 0 radical (unpaired) electrons. The van der Waals surface area contributed by atoms with Crippen molar-refractivity contribution >= 4 is 40.8 Å². The van der Waals surface area contributed by atoms with Gasteiger partial charge in [0, 0.05) is 5.02 Å². The van der Waals surface area contributed by atoms with E-state index in [1.54, 1.807) is 18.2 Å². The van der Waals surface area contributed by atoms with Crippen molar-refractivity contribution in [3.05, 3.63) is 39.4 Å². The van der Waals surface area contributed by atoms with E-state index in [0.29, 0.717) is 28.6 Å². The van der Waals surface area contributed by atoms with Gasteiger partial charge in [0.1, 0.15) is 0 Å². The molecule has 6 heteroatoms. The second kappa shape index (κ2) is 6.71. The number of hydrogen-bond donors (Lipinski definition) is 2. The van der Waals surface area contributed by atoms with Gasteiger partial charge in [0.05, 0.1) is 22.5 Å². The van der Waals surface area contributed by atoms with Crippen molar-refractivity contribution in [2.24, 2.45) is 11.8 Å². The maximum atomic E-state index is 12.5. The van der Waals surface area contributed by atoms with Crippen LogP contribution in [-0.2, 0) is 9.59 Å². The molecule has 2 rings (SSSR count). The van der Waals surface area contributed by atoms with E-state index in [-0.39, 0.29) is 5.91 Å². The first-order valence-electron chi connectivity index (χ1n) is 6.93. The topological polar surface area (TPSA) is 66.4 Å². The Morgan fingerprint density at radius 3 is 2.32 bits per heavy atom. The minimum Gasteiger partial charge on any atom is -0.481 e. The van der Waals surface area contributed by atoms with Crippen molar-refractivity contribution in [1.82, 2.24) is 0 Å². The van der Waals surface area contributed by atoms with Crippen LogP contribution in [0.1, 0.15) is 26.7 Å². The van der Waals surface area contributed by atoms with E-state index in [1.165, 1.54) is 0 Å². The SMILES string of the molecule is CC1=C(C)C[C@@H](C(=O)O)[C@@H](C(=O)Nc2cc(Cl)ccc2Cl)C1. The summed E-state index contributed by atoms with van der Waals surface area (Å²) in [6.07, 6.45) is 0.829. The summed E-state index contributed by atoms with van der Waals surface area (Å²) in [5.41, 5.74) is 2.50. The first kappa shape index (κ1) is 16.8. The molecule has 0 aliphatic heterocycles. The van der Waals surface area contributed by atoms with Crippen LogP contribution in [0.5, 0.6) is 0 Å². The number of carboxylic acids is 1. The van der Waals surface area contributed by atoms with Crippen LogP contribution in [0.25, 0.3) is 0 Å². The average molecular weight is 342 g/mol. The van der Waals surface area contributed by atoms with Gasteiger partial charge in [-0.25, -0.2) is 0 Å². The summed E-state index contributed by atoms with van der Waals surface area (Å²) in [5, 5.41) is 12.9. The van der Waals surface area contributed by atoms with Crippen LogP contribution in [0.4, 0.5) is 5.69 Å². The lowest BCUT2D eigenvalue weighted by molar-refractivity contribution is -0.146. The van der Waals surface area contributed by atoms with Crippen LogP contribution in [0.2, 0.25) is 10.0 Å². The number of allylic oxidation sites excluding steroid dienone is 2. The number of aliphatic carboxylic acids is 1. The van der Waals surface area contributed by atoms with Gasteiger partial charge in [0.25, 0.3) is 0 Å². The Hall–Kier alpha value is -1.52. The minimum atomic E-state index is -0.954. The fourth-order valence-corrected chi connectivity index (χ4v) is 2.98. The zero-order valence-corrected chi connectivity index (χ0v) is 13.8. The molecule has 4 nitrogen and oxygen atoms in total. The standard InChI is InChI=1S/C16H17Cl2NO3/c1-8-5-11(12(16(21)22)6-9(8)2)15(20)19-14-7-10(17)3-4-13(14)18/h3-4,7,11-12H,5-6H2,1-2H3,(H,19,20)(H,21,22)/t11-,12+/m0/s1. The van der Waals surface area contributed by atoms with Crippen LogP contribution >= 0.6 is 23.2 Å². The Morgan fingerprint density at radius 1 is 1.14 bits per heavy atom. The van der Waals surface area contributed by atoms with Gasteiger partial charge in [-0.15, -0.1) is 0 Å². The predicted octanol–water partition coefficient (Wildman–Crippen LogP) is 4.38. The Morgan fingerprint density at radius 2 is 1.73 bits per heavy atom. The van der Waals surface area contributed by atoms with Crippen LogP contribution in [0, 0.1) is 11.8 Å². The molecule has 1 amide bonds. The van der Waals surface area contributed by atoms with E-state index < -0.39 is 17.8 Å². The average Bonchev–Trinajstić information content (AvgIpc) is 2.45. The predicted molar refractivity (Wildman–Crippen MR) is 87.3 cm³/mol. The van der Waals surface area contributed by atoms with Crippen LogP contribution in [-0.4, -0.2) is 17.0 Å². The molecule has 0 fully saturated rings. The molecular formula is C16H17Cl2NO3. The molecule has 0 unspecified atom stereocenters. The Bertz CT molecular complexity index is 655. The molecule has 0 saturated heterocycles. The highest BCUT2D eigenvalue weighted by Gasteiger charge is 2.37. The van der Waals surface area contributed by atoms with Gasteiger partial charge in [-0.05, 0) is 44.9 Å². The van der Waals surface area contributed by atoms with Crippen LogP contribution in [0.3, 0.4) is 0 Å². The zero-order valence-electron chi connectivity index (χ0n) is 12.3. The molecule has 0 heterocycles. The van der Waals surface area contributed by atoms with E-state index >= 15 is 0 Å². The Kier molecular flexibility index (Phi) is 5.14. The zero-order chi connectivity index (χ0) is 16.4. The van der Waals surface area contributed by atoms with Gasteiger partial charge in [0.15, 0.2) is 0 Å². The summed E-state index contributed by atoms with van der Waals surface area (Å²) >= 11 is 11.9. The van der Waals surface area contributed by atoms with Gasteiger partial charge in [-0.2, -0.15) is 0 Å². The number of carboxylic acid groups (broad SMARTS) is 1. The number of nitrogens with one attached hydrogen (secondary N) is 1. The van der Waals surface area contributed by atoms with Crippen molar-refractivity contribution in [2.75, 3.05) is 5.32 Å². The minimum absolute atomic E-state index is 0.344. The fraction of sp³-hybridized carbons (Fsp3) is 0.375. The number of carbonyl (C=O) groups is 2. The number of carbonyl (C=O) groups excluding carboxylic acids is 1. The highest BCUT2D eigenvalue weighted by Crippen LogP contribution is 2.35. The molecule has 1 aliphatic carbocycles. The molecule has 1 aromatic carbocycles. The molecule has 2 atom stereocenters. The molecule has 0 saturated carbocycles. The highest BCUT2D eigenvalue weighted by molar-refractivity contribution is 6.35. The smallest absolute Gasteiger partial charge is 0.307 e. The summed E-state index contributed by atoms with van der Waals surface area (Å²) in [7, 11) is 0. The first-order valence-corrected chi connectivity index (χ1v) is 7.69. The molecule has 2 N–H and O–H groups in total. The number of amides is 1. The molecule has 22 heavy (non-hydrogen) atoms. The largest absolute Gasteiger partial charge is 0.481 e. The van der Waals surface area contributed by atoms with Crippen molar-refractivity contribution in [1.29, 1.82) is 0 Å². The third kappa shape index (κ3) is 3.62. The third-order valence-electron chi connectivity index (χ3n) is 4.11. The number of anilines is 1. The lowest BCUT2D eigenvalue weighted by atomic mass is 9.76. The van der Waals surface area contributed by atoms with Gasteiger partial charge in [-0.3, -0.25) is 9.59 Å². The van der Waals surface area contributed by atoms with Gasteiger partial charge < -0.3 is 10.4 Å². The summed E-state index contributed by atoms with van der Waals surface area (Å²) in [5.74, 6) is -2.63. The number of benzene rings is 1.